The highest BCUT2D eigenvalue weighted by molar-refractivity contribution is 7.89. The van der Waals surface area contributed by atoms with Crippen LogP contribution in [0.1, 0.15) is 11.1 Å². The molecule has 0 atom stereocenters. The van der Waals surface area contributed by atoms with E-state index >= 15 is 0 Å². The standard InChI is InChI=1S/C20H18Cl2N4O2S/c21-17-4-3-5-18(22)20(17)29(27,28)26-10-8-24(9-11-26)13-15-14-25-7-2-1-6-19(25)16(15)12-23/h1-7,14H,8-11,13H2. The van der Waals surface area contributed by atoms with Gasteiger partial charge in [-0.2, -0.15) is 9.57 Å². The van der Waals surface area contributed by atoms with Crippen molar-refractivity contribution in [2.24, 2.45) is 0 Å². The number of aromatic nitrogens is 1. The van der Waals surface area contributed by atoms with Crippen molar-refractivity contribution in [3.05, 3.63) is 70.0 Å². The third-order valence-electron chi connectivity index (χ3n) is 5.12. The van der Waals surface area contributed by atoms with E-state index in [1.807, 2.05) is 35.0 Å². The molecule has 0 radical (unpaired) electrons. The predicted octanol–water partition coefficient (Wildman–Crippen LogP) is 3.62. The first-order chi connectivity index (χ1) is 13.9. The largest absolute Gasteiger partial charge is 0.322 e. The van der Waals surface area contributed by atoms with E-state index in [1.54, 1.807) is 6.07 Å². The van der Waals surface area contributed by atoms with Crippen LogP contribution in [0, 0.1) is 11.3 Å². The van der Waals surface area contributed by atoms with Gasteiger partial charge in [0, 0.05) is 50.7 Å². The molecular formula is C20H18Cl2N4O2S. The van der Waals surface area contributed by atoms with Crippen LogP contribution in [0.4, 0.5) is 0 Å². The molecular weight excluding hydrogens is 431 g/mol. The smallest absolute Gasteiger partial charge is 0.246 e. The molecule has 29 heavy (non-hydrogen) atoms. The number of sulfonamides is 1. The van der Waals surface area contributed by atoms with E-state index in [9.17, 15) is 13.7 Å². The van der Waals surface area contributed by atoms with Gasteiger partial charge in [0.1, 0.15) is 11.0 Å². The zero-order valence-electron chi connectivity index (χ0n) is 15.4. The summed E-state index contributed by atoms with van der Waals surface area (Å²) < 4.78 is 29.4. The normalized spacial score (nSPS) is 16.2. The van der Waals surface area contributed by atoms with Gasteiger partial charge in [-0.3, -0.25) is 4.90 Å². The number of benzene rings is 1. The Balaban J connectivity index is 1.50. The summed E-state index contributed by atoms with van der Waals surface area (Å²) in [4.78, 5) is 2.11. The number of fused-ring (bicyclic) bond motifs is 1. The molecule has 1 saturated heterocycles. The molecule has 0 saturated carbocycles. The van der Waals surface area contributed by atoms with Crippen molar-refractivity contribution in [3.63, 3.8) is 0 Å². The summed E-state index contributed by atoms with van der Waals surface area (Å²) in [5.74, 6) is 0. The van der Waals surface area contributed by atoms with Crippen LogP contribution < -0.4 is 0 Å². The lowest BCUT2D eigenvalue weighted by molar-refractivity contribution is 0.181. The van der Waals surface area contributed by atoms with E-state index in [2.05, 4.69) is 11.0 Å². The van der Waals surface area contributed by atoms with Crippen LogP contribution in [0.2, 0.25) is 10.0 Å². The van der Waals surface area contributed by atoms with Crippen molar-refractivity contribution in [3.8, 4) is 6.07 Å². The molecule has 150 valence electrons. The number of rotatable bonds is 4. The Kier molecular flexibility index (Phi) is 5.56. The SMILES string of the molecule is N#Cc1c(CN2CCN(S(=O)(=O)c3c(Cl)cccc3Cl)CC2)cn2ccccc12. The van der Waals surface area contributed by atoms with Gasteiger partial charge in [0.2, 0.25) is 10.0 Å². The van der Waals surface area contributed by atoms with Gasteiger partial charge in [0.25, 0.3) is 0 Å². The minimum absolute atomic E-state index is 0.0396. The van der Waals surface area contributed by atoms with Gasteiger partial charge in [0.05, 0.1) is 21.1 Å². The van der Waals surface area contributed by atoms with Gasteiger partial charge in [0.15, 0.2) is 0 Å². The summed E-state index contributed by atoms with van der Waals surface area (Å²) in [5.41, 5.74) is 2.47. The summed E-state index contributed by atoms with van der Waals surface area (Å²) in [7, 11) is -3.77. The summed E-state index contributed by atoms with van der Waals surface area (Å²) in [6.07, 6.45) is 3.87. The van der Waals surface area contributed by atoms with Gasteiger partial charge >= 0.3 is 0 Å². The molecule has 0 bridgehead atoms. The summed E-state index contributed by atoms with van der Waals surface area (Å²) >= 11 is 12.2. The number of nitriles is 1. The maximum Gasteiger partial charge on any atom is 0.246 e. The highest BCUT2D eigenvalue weighted by atomic mass is 35.5. The van der Waals surface area contributed by atoms with Crippen molar-refractivity contribution in [1.29, 1.82) is 5.26 Å². The Labute approximate surface area is 179 Å². The van der Waals surface area contributed by atoms with Crippen molar-refractivity contribution < 1.29 is 8.42 Å². The molecule has 6 nitrogen and oxygen atoms in total. The molecule has 3 heterocycles. The fourth-order valence-corrected chi connectivity index (χ4v) is 6.17. The van der Waals surface area contributed by atoms with Gasteiger partial charge in [-0.1, -0.05) is 35.3 Å². The second-order valence-electron chi connectivity index (χ2n) is 6.87. The van der Waals surface area contributed by atoms with Crippen LogP contribution in [0.15, 0.2) is 53.7 Å². The van der Waals surface area contributed by atoms with Gasteiger partial charge in [-0.25, -0.2) is 8.42 Å². The van der Waals surface area contributed by atoms with E-state index in [0.717, 1.165) is 11.1 Å². The molecule has 1 fully saturated rings. The highest BCUT2D eigenvalue weighted by Gasteiger charge is 2.32. The number of hydrogen-bond acceptors (Lipinski definition) is 4. The number of pyridine rings is 1. The molecule has 4 rings (SSSR count). The van der Waals surface area contributed by atoms with E-state index in [0.29, 0.717) is 38.3 Å². The Bertz CT molecular complexity index is 1190. The molecule has 0 N–H and O–H groups in total. The van der Waals surface area contributed by atoms with Crippen LogP contribution in [0.25, 0.3) is 5.52 Å². The minimum atomic E-state index is -3.77. The van der Waals surface area contributed by atoms with Crippen molar-refractivity contribution in [2.45, 2.75) is 11.4 Å². The second-order valence-corrected chi connectivity index (χ2v) is 9.55. The second kappa shape index (κ2) is 7.98. The molecule has 0 aliphatic carbocycles. The van der Waals surface area contributed by atoms with Gasteiger partial charge in [-0.05, 0) is 24.3 Å². The van der Waals surface area contributed by atoms with Crippen LogP contribution in [-0.4, -0.2) is 48.2 Å². The zero-order valence-corrected chi connectivity index (χ0v) is 17.8. The molecule has 2 aromatic heterocycles. The Morgan fingerprint density at radius 1 is 1.00 bits per heavy atom. The van der Waals surface area contributed by atoms with Crippen molar-refractivity contribution >= 4 is 38.7 Å². The van der Waals surface area contributed by atoms with Crippen LogP contribution in [0.5, 0.6) is 0 Å². The fourth-order valence-electron chi connectivity index (χ4n) is 3.65. The van der Waals surface area contributed by atoms with E-state index in [-0.39, 0.29) is 14.9 Å². The lowest BCUT2D eigenvalue weighted by Gasteiger charge is -2.34. The summed E-state index contributed by atoms with van der Waals surface area (Å²) in [5, 5.41) is 9.82. The summed E-state index contributed by atoms with van der Waals surface area (Å²) in [6.45, 7) is 2.36. The molecule has 9 heteroatoms. The quantitative estimate of drug-likeness (QED) is 0.610. The maximum absolute atomic E-state index is 13.0. The molecule has 3 aromatic rings. The monoisotopic (exact) mass is 448 g/mol. The lowest BCUT2D eigenvalue weighted by Crippen LogP contribution is -2.48. The molecule has 1 aromatic carbocycles. The lowest BCUT2D eigenvalue weighted by atomic mass is 10.1. The van der Waals surface area contributed by atoms with Gasteiger partial charge < -0.3 is 4.40 Å². The fraction of sp³-hybridized carbons (Fsp3) is 0.250. The first-order valence-electron chi connectivity index (χ1n) is 9.07. The Hall–Kier alpha value is -2.08. The summed E-state index contributed by atoms with van der Waals surface area (Å²) in [6, 6.07) is 12.7. The highest BCUT2D eigenvalue weighted by Crippen LogP contribution is 2.32. The van der Waals surface area contributed by atoms with E-state index in [4.69, 9.17) is 23.2 Å². The topological polar surface area (TPSA) is 68.8 Å². The zero-order chi connectivity index (χ0) is 20.6. The van der Waals surface area contributed by atoms with E-state index < -0.39 is 10.0 Å². The number of hydrogen-bond donors (Lipinski definition) is 0. The molecule has 0 unspecified atom stereocenters. The number of halogens is 2. The average molecular weight is 449 g/mol. The minimum Gasteiger partial charge on any atom is -0.322 e. The number of nitrogens with zero attached hydrogens (tertiary/aromatic N) is 4. The first kappa shape index (κ1) is 20.2. The third kappa shape index (κ3) is 3.75. The molecule has 1 aliphatic rings. The first-order valence-corrected chi connectivity index (χ1v) is 11.3. The Morgan fingerprint density at radius 3 is 2.34 bits per heavy atom. The van der Waals surface area contributed by atoms with E-state index in [1.165, 1.54) is 16.4 Å². The van der Waals surface area contributed by atoms with Gasteiger partial charge in [-0.15, -0.1) is 0 Å². The maximum atomic E-state index is 13.0. The molecule has 0 spiro atoms. The van der Waals surface area contributed by atoms with Crippen molar-refractivity contribution in [1.82, 2.24) is 13.6 Å². The molecule has 0 amide bonds. The van der Waals surface area contributed by atoms with Crippen molar-refractivity contribution in [2.75, 3.05) is 26.2 Å². The van der Waals surface area contributed by atoms with Crippen LogP contribution >= 0.6 is 23.2 Å². The number of piperazine rings is 1. The predicted molar refractivity (Wildman–Crippen MR) is 113 cm³/mol. The Morgan fingerprint density at radius 2 is 1.69 bits per heavy atom. The van der Waals surface area contributed by atoms with Crippen LogP contribution in [0.3, 0.4) is 0 Å². The average Bonchev–Trinajstić information content (AvgIpc) is 3.05. The third-order valence-corrected chi connectivity index (χ3v) is 7.97. The van der Waals surface area contributed by atoms with Crippen LogP contribution in [-0.2, 0) is 16.6 Å². The molecule has 1 aliphatic heterocycles.